The largest absolute Gasteiger partial charge is 0.493 e. The van der Waals surface area contributed by atoms with E-state index in [1.807, 2.05) is 43.0 Å². The molecular weight excluding hydrogens is 334 g/mol. The van der Waals surface area contributed by atoms with E-state index < -0.39 is 0 Å². The van der Waals surface area contributed by atoms with Gasteiger partial charge in [-0.15, -0.1) is 11.3 Å². The van der Waals surface area contributed by atoms with Crippen molar-refractivity contribution in [2.75, 3.05) is 20.3 Å². The summed E-state index contributed by atoms with van der Waals surface area (Å²) in [5, 5.41) is 2.11. The Kier molecular flexibility index (Phi) is 5.45. The van der Waals surface area contributed by atoms with Crippen molar-refractivity contribution in [3.63, 3.8) is 0 Å². The molecule has 3 rings (SSSR count). The van der Waals surface area contributed by atoms with Crippen LogP contribution in [0.25, 0.3) is 0 Å². The molecule has 1 aromatic heterocycles. The van der Waals surface area contributed by atoms with Crippen LogP contribution >= 0.6 is 11.3 Å². The Bertz CT molecular complexity index is 721. The third kappa shape index (κ3) is 4.41. The van der Waals surface area contributed by atoms with Crippen molar-refractivity contribution in [3.05, 3.63) is 51.7 Å². The molecule has 0 aliphatic carbocycles. The molecule has 2 aromatic rings. The summed E-state index contributed by atoms with van der Waals surface area (Å²) in [6, 6.07) is 9.56. The standard InChI is InChI=1S/C20H25NO3S/c1-20(2,23-3)10-12-24-17-6-4-15(5-7-17)19(22)21-11-8-18-16(14-21)9-13-25-18/h4-7,9,13H,8,10-12,14H2,1-3H3. The first-order valence-corrected chi connectivity index (χ1v) is 9.49. The van der Waals surface area contributed by atoms with Gasteiger partial charge in [-0.05, 0) is 61.5 Å². The second kappa shape index (κ2) is 7.58. The molecule has 1 aromatic carbocycles. The van der Waals surface area contributed by atoms with Gasteiger partial charge in [0.05, 0.1) is 12.2 Å². The molecule has 0 unspecified atom stereocenters. The van der Waals surface area contributed by atoms with Gasteiger partial charge in [-0.2, -0.15) is 0 Å². The number of methoxy groups -OCH3 is 1. The number of benzene rings is 1. The minimum Gasteiger partial charge on any atom is -0.493 e. The second-order valence-electron chi connectivity index (χ2n) is 6.93. The van der Waals surface area contributed by atoms with E-state index in [9.17, 15) is 4.79 Å². The van der Waals surface area contributed by atoms with Gasteiger partial charge in [0.25, 0.3) is 5.91 Å². The number of carbonyl (C=O) groups is 1. The number of hydrogen-bond donors (Lipinski definition) is 0. The Balaban J connectivity index is 1.56. The molecule has 2 heterocycles. The van der Waals surface area contributed by atoms with Crippen LogP contribution in [-0.4, -0.2) is 36.7 Å². The number of fused-ring (bicyclic) bond motifs is 1. The van der Waals surface area contributed by atoms with Gasteiger partial charge >= 0.3 is 0 Å². The molecule has 0 saturated heterocycles. The van der Waals surface area contributed by atoms with Crippen molar-refractivity contribution in [2.45, 2.75) is 38.8 Å². The topological polar surface area (TPSA) is 38.8 Å². The molecule has 0 radical (unpaired) electrons. The van der Waals surface area contributed by atoms with Gasteiger partial charge in [-0.25, -0.2) is 0 Å². The molecule has 0 spiro atoms. The predicted molar refractivity (Wildman–Crippen MR) is 100 cm³/mol. The van der Waals surface area contributed by atoms with Crippen LogP contribution in [-0.2, 0) is 17.7 Å². The Hall–Kier alpha value is -1.85. The van der Waals surface area contributed by atoms with E-state index in [0.717, 1.165) is 25.1 Å². The van der Waals surface area contributed by atoms with Gasteiger partial charge in [-0.3, -0.25) is 4.79 Å². The van der Waals surface area contributed by atoms with Crippen molar-refractivity contribution in [3.8, 4) is 5.75 Å². The molecule has 0 N–H and O–H groups in total. The third-order valence-electron chi connectivity index (χ3n) is 4.72. The number of thiophene rings is 1. The fourth-order valence-electron chi connectivity index (χ4n) is 2.81. The summed E-state index contributed by atoms with van der Waals surface area (Å²) < 4.78 is 11.1. The van der Waals surface area contributed by atoms with E-state index in [4.69, 9.17) is 9.47 Å². The normalized spacial score (nSPS) is 14.3. The summed E-state index contributed by atoms with van der Waals surface area (Å²) in [5.74, 6) is 0.867. The van der Waals surface area contributed by atoms with Crippen LogP contribution < -0.4 is 4.74 Å². The lowest BCUT2D eigenvalue weighted by atomic mass is 10.1. The molecule has 0 bridgehead atoms. The first-order chi connectivity index (χ1) is 12.0. The number of carbonyl (C=O) groups excluding carboxylic acids is 1. The lowest BCUT2D eigenvalue weighted by Gasteiger charge is -2.27. The Morgan fingerprint density at radius 1 is 1.24 bits per heavy atom. The van der Waals surface area contributed by atoms with Crippen LogP contribution in [0.1, 0.15) is 41.1 Å². The molecule has 4 nitrogen and oxygen atoms in total. The van der Waals surface area contributed by atoms with Crippen LogP contribution in [0.3, 0.4) is 0 Å². The zero-order chi connectivity index (χ0) is 17.9. The highest BCUT2D eigenvalue weighted by Crippen LogP contribution is 2.25. The van der Waals surface area contributed by atoms with E-state index >= 15 is 0 Å². The summed E-state index contributed by atoms with van der Waals surface area (Å²) in [4.78, 5) is 16.0. The highest BCUT2D eigenvalue weighted by atomic mass is 32.1. The maximum absolute atomic E-state index is 12.7. The smallest absolute Gasteiger partial charge is 0.254 e. The maximum atomic E-state index is 12.7. The summed E-state index contributed by atoms with van der Waals surface area (Å²) in [7, 11) is 1.71. The summed E-state index contributed by atoms with van der Waals surface area (Å²) >= 11 is 1.78. The first kappa shape index (κ1) is 18.0. The summed E-state index contributed by atoms with van der Waals surface area (Å²) in [6.07, 6.45) is 1.76. The summed E-state index contributed by atoms with van der Waals surface area (Å²) in [5.41, 5.74) is 1.80. The Labute approximate surface area is 153 Å². The van der Waals surface area contributed by atoms with Gasteiger partial charge in [0.2, 0.25) is 0 Å². The molecule has 0 fully saturated rings. The van der Waals surface area contributed by atoms with Crippen LogP contribution in [0, 0.1) is 0 Å². The quantitative estimate of drug-likeness (QED) is 0.778. The number of ether oxygens (including phenoxy) is 2. The van der Waals surface area contributed by atoms with Crippen molar-refractivity contribution in [1.29, 1.82) is 0 Å². The highest BCUT2D eigenvalue weighted by molar-refractivity contribution is 7.10. The fourth-order valence-corrected chi connectivity index (χ4v) is 3.70. The number of hydrogen-bond acceptors (Lipinski definition) is 4. The second-order valence-corrected chi connectivity index (χ2v) is 7.93. The van der Waals surface area contributed by atoms with Crippen LogP contribution in [0.2, 0.25) is 0 Å². The van der Waals surface area contributed by atoms with Crippen LogP contribution in [0.4, 0.5) is 0 Å². The first-order valence-electron chi connectivity index (χ1n) is 8.61. The molecule has 134 valence electrons. The number of amides is 1. The van der Waals surface area contributed by atoms with Crippen molar-refractivity contribution >= 4 is 17.2 Å². The minimum atomic E-state index is -0.190. The van der Waals surface area contributed by atoms with E-state index in [1.165, 1.54) is 10.4 Å². The lowest BCUT2D eigenvalue weighted by Crippen LogP contribution is -2.35. The molecule has 25 heavy (non-hydrogen) atoms. The van der Waals surface area contributed by atoms with Crippen LogP contribution in [0.5, 0.6) is 5.75 Å². The number of rotatable bonds is 6. The van der Waals surface area contributed by atoms with Crippen LogP contribution in [0.15, 0.2) is 35.7 Å². The molecular formula is C20H25NO3S. The SMILES string of the molecule is COC(C)(C)CCOc1ccc(C(=O)N2CCc3sccc3C2)cc1. The van der Waals surface area contributed by atoms with Gasteiger partial charge in [0, 0.05) is 37.1 Å². The molecule has 1 aliphatic rings. The third-order valence-corrected chi connectivity index (χ3v) is 5.74. The van der Waals surface area contributed by atoms with E-state index in [-0.39, 0.29) is 11.5 Å². The molecule has 0 atom stereocenters. The van der Waals surface area contributed by atoms with E-state index in [2.05, 4.69) is 11.4 Å². The van der Waals surface area contributed by atoms with E-state index in [0.29, 0.717) is 18.7 Å². The molecule has 1 amide bonds. The average molecular weight is 359 g/mol. The summed E-state index contributed by atoms with van der Waals surface area (Å²) in [6.45, 7) is 6.16. The fraction of sp³-hybridized carbons (Fsp3) is 0.450. The van der Waals surface area contributed by atoms with Crippen molar-refractivity contribution in [1.82, 2.24) is 4.90 Å². The average Bonchev–Trinajstić information content (AvgIpc) is 3.09. The van der Waals surface area contributed by atoms with Crippen molar-refractivity contribution < 1.29 is 14.3 Å². The Morgan fingerprint density at radius 3 is 2.72 bits per heavy atom. The Morgan fingerprint density at radius 2 is 2.00 bits per heavy atom. The predicted octanol–water partition coefficient (Wildman–Crippen LogP) is 4.14. The monoisotopic (exact) mass is 359 g/mol. The molecule has 1 aliphatic heterocycles. The maximum Gasteiger partial charge on any atom is 0.254 e. The zero-order valence-electron chi connectivity index (χ0n) is 15.1. The zero-order valence-corrected chi connectivity index (χ0v) is 15.9. The van der Waals surface area contributed by atoms with Gasteiger partial charge in [-0.1, -0.05) is 0 Å². The molecule has 0 saturated carbocycles. The molecule has 5 heteroatoms. The lowest BCUT2D eigenvalue weighted by molar-refractivity contribution is 0.00546. The van der Waals surface area contributed by atoms with Gasteiger partial charge in [0.15, 0.2) is 0 Å². The van der Waals surface area contributed by atoms with E-state index in [1.54, 1.807) is 18.4 Å². The van der Waals surface area contributed by atoms with Gasteiger partial charge < -0.3 is 14.4 Å². The minimum absolute atomic E-state index is 0.0870. The van der Waals surface area contributed by atoms with Gasteiger partial charge in [0.1, 0.15) is 5.75 Å². The number of nitrogens with zero attached hydrogens (tertiary/aromatic N) is 1. The highest BCUT2D eigenvalue weighted by Gasteiger charge is 2.22. The van der Waals surface area contributed by atoms with Crippen molar-refractivity contribution in [2.24, 2.45) is 0 Å².